The lowest BCUT2D eigenvalue weighted by molar-refractivity contribution is 0.955. The lowest BCUT2D eigenvalue weighted by Crippen LogP contribution is -2.06. The Morgan fingerprint density at radius 1 is 1.15 bits per heavy atom. The Morgan fingerprint density at radius 3 is 2.80 bits per heavy atom. The zero-order chi connectivity index (χ0) is 13.8. The van der Waals surface area contributed by atoms with E-state index in [2.05, 4.69) is 37.7 Å². The van der Waals surface area contributed by atoms with Gasteiger partial charge in [0.15, 0.2) is 5.65 Å². The SMILES string of the molecule is CCCNc1nc(Nc2ccccc2)c2cn[nH]c2n1. The van der Waals surface area contributed by atoms with E-state index in [1.165, 1.54) is 0 Å². The monoisotopic (exact) mass is 268 g/mol. The van der Waals surface area contributed by atoms with Crippen LogP contribution in [0.3, 0.4) is 0 Å². The van der Waals surface area contributed by atoms with Crippen molar-refractivity contribution in [1.82, 2.24) is 20.2 Å². The van der Waals surface area contributed by atoms with Crippen LogP contribution in [0.4, 0.5) is 17.5 Å². The molecule has 2 aromatic heterocycles. The smallest absolute Gasteiger partial charge is 0.226 e. The van der Waals surface area contributed by atoms with Crippen LogP contribution in [0, 0.1) is 0 Å². The van der Waals surface area contributed by atoms with Gasteiger partial charge in [-0.15, -0.1) is 0 Å². The summed E-state index contributed by atoms with van der Waals surface area (Å²) in [4.78, 5) is 8.91. The van der Waals surface area contributed by atoms with Crippen molar-refractivity contribution in [3.63, 3.8) is 0 Å². The van der Waals surface area contributed by atoms with Crippen molar-refractivity contribution >= 4 is 28.5 Å². The van der Waals surface area contributed by atoms with Crippen LogP contribution in [0.1, 0.15) is 13.3 Å². The Balaban J connectivity index is 1.97. The second kappa shape index (κ2) is 5.56. The highest BCUT2D eigenvalue weighted by molar-refractivity contribution is 5.88. The number of nitrogens with zero attached hydrogens (tertiary/aromatic N) is 3. The van der Waals surface area contributed by atoms with Crippen molar-refractivity contribution in [2.75, 3.05) is 17.2 Å². The first kappa shape index (κ1) is 12.4. The zero-order valence-electron chi connectivity index (χ0n) is 11.2. The van der Waals surface area contributed by atoms with Crippen LogP contribution in [0.15, 0.2) is 36.5 Å². The number of hydrogen-bond donors (Lipinski definition) is 3. The first-order valence-electron chi connectivity index (χ1n) is 6.64. The minimum atomic E-state index is 0.599. The van der Waals surface area contributed by atoms with Gasteiger partial charge in [-0.1, -0.05) is 25.1 Å². The lowest BCUT2D eigenvalue weighted by Gasteiger charge is -2.09. The molecule has 3 aromatic rings. The molecule has 102 valence electrons. The molecule has 0 saturated heterocycles. The Labute approximate surface area is 116 Å². The predicted octanol–water partition coefficient (Wildman–Crippen LogP) is 2.92. The minimum absolute atomic E-state index is 0.599. The van der Waals surface area contributed by atoms with E-state index in [9.17, 15) is 0 Å². The Bertz CT molecular complexity index is 691. The first-order valence-corrected chi connectivity index (χ1v) is 6.64. The van der Waals surface area contributed by atoms with E-state index in [0.29, 0.717) is 5.95 Å². The molecule has 0 aliphatic rings. The quantitative estimate of drug-likeness (QED) is 0.663. The van der Waals surface area contributed by atoms with Gasteiger partial charge in [-0.25, -0.2) is 0 Å². The summed E-state index contributed by atoms with van der Waals surface area (Å²) in [6, 6.07) is 9.92. The molecule has 0 aliphatic carbocycles. The molecule has 0 saturated carbocycles. The molecule has 0 unspecified atom stereocenters. The number of benzene rings is 1. The van der Waals surface area contributed by atoms with Crippen molar-refractivity contribution in [1.29, 1.82) is 0 Å². The maximum Gasteiger partial charge on any atom is 0.226 e. The van der Waals surface area contributed by atoms with E-state index in [4.69, 9.17) is 0 Å². The standard InChI is InChI=1S/C14H16N6/c1-2-8-15-14-18-12(11-9-16-20-13(11)19-14)17-10-6-4-3-5-7-10/h3-7,9H,2,8H2,1H3,(H3,15,16,17,18,19,20). The molecule has 0 amide bonds. The average molecular weight is 268 g/mol. The summed E-state index contributed by atoms with van der Waals surface area (Å²) in [6.45, 7) is 2.94. The van der Waals surface area contributed by atoms with Gasteiger partial charge in [0, 0.05) is 12.2 Å². The van der Waals surface area contributed by atoms with E-state index in [1.54, 1.807) is 6.20 Å². The molecular formula is C14H16N6. The summed E-state index contributed by atoms with van der Waals surface area (Å²) in [5.74, 6) is 1.34. The van der Waals surface area contributed by atoms with Crippen molar-refractivity contribution in [2.24, 2.45) is 0 Å². The fraction of sp³-hybridized carbons (Fsp3) is 0.214. The number of rotatable bonds is 5. The third kappa shape index (κ3) is 2.54. The maximum absolute atomic E-state index is 4.51. The van der Waals surface area contributed by atoms with Gasteiger partial charge in [0.25, 0.3) is 0 Å². The maximum atomic E-state index is 4.51. The molecule has 20 heavy (non-hydrogen) atoms. The second-order valence-corrected chi connectivity index (χ2v) is 4.45. The van der Waals surface area contributed by atoms with Gasteiger partial charge in [0.05, 0.1) is 11.6 Å². The summed E-state index contributed by atoms with van der Waals surface area (Å²) in [5, 5.41) is 14.3. The van der Waals surface area contributed by atoms with Crippen LogP contribution < -0.4 is 10.6 Å². The van der Waals surface area contributed by atoms with Gasteiger partial charge in [0.2, 0.25) is 5.95 Å². The van der Waals surface area contributed by atoms with E-state index in [-0.39, 0.29) is 0 Å². The van der Waals surface area contributed by atoms with Gasteiger partial charge in [-0.2, -0.15) is 15.1 Å². The Morgan fingerprint density at radius 2 is 2.00 bits per heavy atom. The van der Waals surface area contributed by atoms with E-state index >= 15 is 0 Å². The fourth-order valence-electron chi connectivity index (χ4n) is 1.90. The Kier molecular flexibility index (Phi) is 3.45. The van der Waals surface area contributed by atoms with Crippen LogP contribution in [0.25, 0.3) is 11.0 Å². The first-order chi connectivity index (χ1) is 9.86. The van der Waals surface area contributed by atoms with Gasteiger partial charge in [-0.05, 0) is 18.6 Å². The minimum Gasteiger partial charge on any atom is -0.354 e. The number of aromatic nitrogens is 4. The highest BCUT2D eigenvalue weighted by Crippen LogP contribution is 2.23. The van der Waals surface area contributed by atoms with Gasteiger partial charge in [0.1, 0.15) is 5.82 Å². The summed E-state index contributed by atoms with van der Waals surface area (Å²) >= 11 is 0. The van der Waals surface area contributed by atoms with Crippen LogP contribution in [-0.4, -0.2) is 26.7 Å². The highest BCUT2D eigenvalue weighted by atomic mass is 15.2. The van der Waals surface area contributed by atoms with Crippen LogP contribution in [0.5, 0.6) is 0 Å². The van der Waals surface area contributed by atoms with E-state index < -0.39 is 0 Å². The number of hydrogen-bond acceptors (Lipinski definition) is 5. The van der Waals surface area contributed by atoms with Crippen molar-refractivity contribution < 1.29 is 0 Å². The molecule has 0 aliphatic heterocycles. The molecule has 0 radical (unpaired) electrons. The third-order valence-electron chi connectivity index (χ3n) is 2.88. The summed E-state index contributed by atoms with van der Waals surface area (Å²) in [7, 11) is 0. The molecule has 3 N–H and O–H groups in total. The van der Waals surface area contributed by atoms with Gasteiger partial charge in [-0.3, -0.25) is 5.10 Å². The van der Waals surface area contributed by atoms with Crippen molar-refractivity contribution in [3.8, 4) is 0 Å². The molecule has 2 heterocycles. The number of H-pyrrole nitrogens is 1. The second-order valence-electron chi connectivity index (χ2n) is 4.45. The predicted molar refractivity (Wildman–Crippen MR) is 80.2 cm³/mol. The zero-order valence-corrected chi connectivity index (χ0v) is 11.2. The number of para-hydroxylation sites is 1. The van der Waals surface area contributed by atoms with Crippen molar-refractivity contribution in [2.45, 2.75) is 13.3 Å². The van der Waals surface area contributed by atoms with E-state index in [1.807, 2.05) is 30.3 Å². The summed E-state index contributed by atoms with van der Waals surface area (Å²) in [6.07, 6.45) is 2.75. The van der Waals surface area contributed by atoms with Crippen LogP contribution in [-0.2, 0) is 0 Å². The third-order valence-corrected chi connectivity index (χ3v) is 2.88. The topological polar surface area (TPSA) is 78.5 Å². The molecular weight excluding hydrogens is 252 g/mol. The fourth-order valence-corrected chi connectivity index (χ4v) is 1.90. The van der Waals surface area contributed by atoms with Crippen LogP contribution in [0.2, 0.25) is 0 Å². The normalized spacial score (nSPS) is 10.7. The Hall–Kier alpha value is -2.63. The summed E-state index contributed by atoms with van der Waals surface area (Å²) < 4.78 is 0. The molecule has 3 rings (SSSR count). The number of aromatic amines is 1. The van der Waals surface area contributed by atoms with Gasteiger partial charge >= 0.3 is 0 Å². The molecule has 0 fully saturated rings. The number of anilines is 3. The molecule has 1 aromatic carbocycles. The molecule has 0 bridgehead atoms. The van der Waals surface area contributed by atoms with Gasteiger partial charge < -0.3 is 10.6 Å². The molecule has 0 spiro atoms. The molecule has 6 nitrogen and oxygen atoms in total. The van der Waals surface area contributed by atoms with E-state index in [0.717, 1.165) is 35.5 Å². The highest BCUT2D eigenvalue weighted by Gasteiger charge is 2.09. The van der Waals surface area contributed by atoms with Crippen LogP contribution >= 0.6 is 0 Å². The molecule has 6 heteroatoms. The largest absolute Gasteiger partial charge is 0.354 e. The molecule has 0 atom stereocenters. The van der Waals surface area contributed by atoms with Crippen molar-refractivity contribution in [3.05, 3.63) is 36.5 Å². The lowest BCUT2D eigenvalue weighted by atomic mass is 10.3. The number of fused-ring (bicyclic) bond motifs is 1. The number of nitrogens with one attached hydrogen (secondary N) is 3. The average Bonchev–Trinajstić information content (AvgIpc) is 2.95. The summed E-state index contributed by atoms with van der Waals surface area (Å²) in [5.41, 5.74) is 1.70.